The van der Waals surface area contributed by atoms with Gasteiger partial charge in [-0.15, -0.1) is 0 Å². The van der Waals surface area contributed by atoms with E-state index >= 15 is 0 Å². The molecule has 0 unspecified atom stereocenters. The number of hydrogen-bond acceptors (Lipinski definition) is 2. The predicted octanol–water partition coefficient (Wildman–Crippen LogP) is 14.6. The van der Waals surface area contributed by atoms with Crippen molar-refractivity contribution in [3.63, 3.8) is 0 Å². The Morgan fingerprint density at radius 2 is 0.877 bits per heavy atom. The summed E-state index contributed by atoms with van der Waals surface area (Å²) in [6, 6.07) is 70.1. The summed E-state index contributed by atoms with van der Waals surface area (Å²) in [6.45, 7) is 4.73. The van der Waals surface area contributed by atoms with E-state index in [1.807, 2.05) is 6.07 Å². The van der Waals surface area contributed by atoms with Crippen molar-refractivity contribution in [1.29, 1.82) is 0 Å². The minimum absolute atomic E-state index is 0.0781. The molecule has 0 aliphatic heterocycles. The summed E-state index contributed by atoms with van der Waals surface area (Å²) < 4.78 is 0. The molecule has 2 heteroatoms. The lowest BCUT2D eigenvalue weighted by Crippen LogP contribution is -2.15. The van der Waals surface area contributed by atoms with E-state index < -0.39 is 0 Å². The van der Waals surface area contributed by atoms with Crippen LogP contribution in [0.2, 0.25) is 0 Å². The zero-order chi connectivity index (χ0) is 38.1. The van der Waals surface area contributed by atoms with Crippen molar-refractivity contribution in [3.05, 3.63) is 205 Å². The van der Waals surface area contributed by atoms with Gasteiger partial charge < -0.3 is 0 Å². The predicted molar refractivity (Wildman–Crippen MR) is 239 cm³/mol. The number of fused-ring (bicyclic) bond motifs is 6. The quantitative estimate of drug-likeness (QED) is 0.176. The van der Waals surface area contributed by atoms with Gasteiger partial charge in [0.15, 0.2) is 5.82 Å². The van der Waals surface area contributed by atoms with Gasteiger partial charge in [-0.05, 0) is 107 Å². The van der Waals surface area contributed by atoms with Crippen molar-refractivity contribution in [2.24, 2.45) is 0 Å². The average Bonchev–Trinajstić information content (AvgIpc) is 3.49. The summed E-state index contributed by atoms with van der Waals surface area (Å²) in [7, 11) is 0. The topological polar surface area (TPSA) is 25.8 Å². The molecule has 0 spiro atoms. The van der Waals surface area contributed by atoms with Crippen LogP contribution in [0.15, 0.2) is 194 Å². The monoisotopic (exact) mass is 726 g/mol. The highest BCUT2D eigenvalue weighted by atomic mass is 14.9. The van der Waals surface area contributed by atoms with Crippen LogP contribution in [0.1, 0.15) is 25.0 Å². The Bertz CT molecular complexity index is 3190. The van der Waals surface area contributed by atoms with Crippen LogP contribution in [-0.4, -0.2) is 9.97 Å². The molecule has 1 aliphatic rings. The second-order valence-electron chi connectivity index (χ2n) is 15.8. The van der Waals surface area contributed by atoms with Gasteiger partial charge in [-0.3, -0.25) is 0 Å². The molecule has 0 bridgehead atoms. The molecule has 0 amide bonds. The van der Waals surface area contributed by atoms with Crippen molar-refractivity contribution in [2.45, 2.75) is 19.3 Å². The first kappa shape index (κ1) is 33.2. The highest BCUT2D eigenvalue weighted by Crippen LogP contribution is 2.51. The van der Waals surface area contributed by atoms with Gasteiger partial charge >= 0.3 is 0 Å². The molecule has 0 saturated heterocycles. The van der Waals surface area contributed by atoms with E-state index in [0.717, 1.165) is 33.5 Å². The van der Waals surface area contributed by atoms with Crippen LogP contribution in [0.5, 0.6) is 0 Å². The molecule has 0 atom stereocenters. The van der Waals surface area contributed by atoms with Gasteiger partial charge in [0, 0.05) is 22.1 Å². The molecule has 0 saturated carbocycles. The molecule has 57 heavy (non-hydrogen) atoms. The van der Waals surface area contributed by atoms with Crippen molar-refractivity contribution in [2.75, 3.05) is 0 Å². The summed E-state index contributed by atoms with van der Waals surface area (Å²) >= 11 is 0. The molecule has 9 aromatic carbocycles. The first-order valence-corrected chi connectivity index (χ1v) is 19.7. The van der Waals surface area contributed by atoms with Crippen LogP contribution in [0.25, 0.3) is 99.6 Å². The van der Waals surface area contributed by atoms with Gasteiger partial charge in [0.05, 0.1) is 11.4 Å². The van der Waals surface area contributed by atoms with Crippen LogP contribution >= 0.6 is 0 Å². The molecule has 11 rings (SSSR count). The lowest BCUT2D eigenvalue weighted by molar-refractivity contribution is 0.661. The Balaban J connectivity index is 0.984. The standard InChI is InChI=1S/C55H38N2/c1-55(2)50-33-41(27-28-46(50)49-31-39-16-6-7-17-40(39)32-51(49)55)35-23-25-37(26-24-35)43-29-30-48(45-21-11-10-20-44(43)45)54-56-52(38-14-4-3-5-15-38)34-53(57-54)47-22-12-18-36-13-8-9-19-42(36)47/h3-34H,1-2H3. The first-order chi connectivity index (χ1) is 28.0. The maximum absolute atomic E-state index is 5.30. The summed E-state index contributed by atoms with van der Waals surface area (Å²) in [6.07, 6.45) is 0. The third-order valence-electron chi connectivity index (χ3n) is 12.1. The minimum Gasteiger partial charge on any atom is -0.228 e. The zero-order valence-corrected chi connectivity index (χ0v) is 31.9. The van der Waals surface area contributed by atoms with E-state index in [-0.39, 0.29) is 5.41 Å². The molecular formula is C55H38N2. The van der Waals surface area contributed by atoms with Crippen molar-refractivity contribution in [1.82, 2.24) is 9.97 Å². The Labute approximate surface area is 332 Å². The molecular weight excluding hydrogens is 689 g/mol. The number of hydrogen-bond donors (Lipinski definition) is 0. The molecule has 10 aromatic rings. The van der Waals surface area contributed by atoms with E-state index in [2.05, 4.69) is 202 Å². The largest absolute Gasteiger partial charge is 0.228 e. The van der Waals surface area contributed by atoms with Gasteiger partial charge in [0.2, 0.25) is 0 Å². The Morgan fingerprint density at radius 3 is 1.67 bits per heavy atom. The lowest BCUT2D eigenvalue weighted by atomic mass is 9.81. The fourth-order valence-corrected chi connectivity index (χ4v) is 9.10. The van der Waals surface area contributed by atoms with Crippen LogP contribution < -0.4 is 0 Å². The van der Waals surface area contributed by atoms with Gasteiger partial charge in [-0.25, -0.2) is 9.97 Å². The first-order valence-electron chi connectivity index (χ1n) is 19.7. The minimum atomic E-state index is -0.0781. The van der Waals surface area contributed by atoms with Gasteiger partial charge in [0.25, 0.3) is 0 Å². The molecule has 0 radical (unpaired) electrons. The van der Waals surface area contributed by atoms with Crippen molar-refractivity contribution < 1.29 is 0 Å². The van der Waals surface area contributed by atoms with E-state index in [0.29, 0.717) is 5.82 Å². The SMILES string of the molecule is CC1(C)c2cc(-c3ccc(-c4ccc(-c5nc(-c6ccccc6)cc(-c6cccc7ccccc67)n5)c5ccccc45)cc3)ccc2-c2cc3ccccc3cc21. The fourth-order valence-electron chi connectivity index (χ4n) is 9.10. The summed E-state index contributed by atoms with van der Waals surface area (Å²) in [5.41, 5.74) is 15.2. The van der Waals surface area contributed by atoms with Gasteiger partial charge in [0.1, 0.15) is 0 Å². The fraction of sp³-hybridized carbons (Fsp3) is 0.0545. The summed E-state index contributed by atoms with van der Waals surface area (Å²) in [5.74, 6) is 0.715. The van der Waals surface area contributed by atoms with E-state index in [9.17, 15) is 0 Å². The third-order valence-corrected chi connectivity index (χ3v) is 12.1. The maximum Gasteiger partial charge on any atom is 0.161 e. The molecule has 1 aliphatic carbocycles. The molecule has 268 valence electrons. The number of benzene rings is 9. The molecule has 1 aromatic heterocycles. The van der Waals surface area contributed by atoms with E-state index in [1.165, 1.54) is 71.4 Å². The molecule has 2 nitrogen and oxygen atoms in total. The maximum atomic E-state index is 5.30. The third kappa shape index (κ3) is 5.48. The number of aromatic nitrogens is 2. The smallest absolute Gasteiger partial charge is 0.161 e. The highest BCUT2D eigenvalue weighted by molar-refractivity contribution is 6.05. The second kappa shape index (κ2) is 13.0. The highest BCUT2D eigenvalue weighted by Gasteiger charge is 2.36. The normalized spacial score (nSPS) is 12.9. The van der Waals surface area contributed by atoms with E-state index in [1.54, 1.807) is 0 Å². The summed E-state index contributed by atoms with van der Waals surface area (Å²) in [4.78, 5) is 10.5. The van der Waals surface area contributed by atoms with Crippen LogP contribution in [-0.2, 0) is 5.41 Å². The number of rotatable bonds is 5. The average molecular weight is 727 g/mol. The van der Waals surface area contributed by atoms with Crippen molar-refractivity contribution in [3.8, 4) is 67.3 Å². The van der Waals surface area contributed by atoms with Crippen LogP contribution in [0.4, 0.5) is 0 Å². The Hall–Kier alpha value is -7.16. The molecule has 1 heterocycles. The Morgan fingerprint density at radius 1 is 0.316 bits per heavy atom. The second-order valence-corrected chi connectivity index (χ2v) is 15.8. The summed E-state index contributed by atoms with van der Waals surface area (Å²) in [5, 5.41) is 7.26. The molecule has 0 N–H and O–H groups in total. The molecule has 0 fully saturated rings. The van der Waals surface area contributed by atoms with Crippen LogP contribution in [0.3, 0.4) is 0 Å². The van der Waals surface area contributed by atoms with Gasteiger partial charge in [-0.1, -0.05) is 178 Å². The Kier molecular flexibility index (Phi) is 7.55. The lowest BCUT2D eigenvalue weighted by Gasteiger charge is -2.22. The van der Waals surface area contributed by atoms with Crippen molar-refractivity contribution >= 4 is 32.3 Å². The zero-order valence-electron chi connectivity index (χ0n) is 31.9. The van der Waals surface area contributed by atoms with Gasteiger partial charge in [-0.2, -0.15) is 0 Å². The van der Waals surface area contributed by atoms with Crippen LogP contribution in [0, 0.1) is 0 Å². The van der Waals surface area contributed by atoms with E-state index in [4.69, 9.17) is 9.97 Å². The number of nitrogens with zero attached hydrogens (tertiary/aromatic N) is 2.